The van der Waals surface area contributed by atoms with Gasteiger partial charge in [0.2, 0.25) is 0 Å². The highest BCUT2D eigenvalue weighted by molar-refractivity contribution is 5.94. The molecule has 126 valence electrons. The fourth-order valence-electron chi connectivity index (χ4n) is 2.72. The minimum atomic E-state index is -0.154. The molecule has 0 radical (unpaired) electrons. The molecule has 0 spiro atoms. The van der Waals surface area contributed by atoms with Crippen molar-refractivity contribution in [2.45, 2.75) is 32.1 Å². The van der Waals surface area contributed by atoms with E-state index in [4.69, 9.17) is 15.9 Å². The summed E-state index contributed by atoms with van der Waals surface area (Å²) in [6.45, 7) is 2.23. The van der Waals surface area contributed by atoms with Gasteiger partial charge in [0.05, 0.1) is 13.0 Å². The van der Waals surface area contributed by atoms with Crippen LogP contribution in [0.25, 0.3) is 0 Å². The van der Waals surface area contributed by atoms with Crippen molar-refractivity contribution in [3.05, 3.63) is 71.3 Å². The zero-order chi connectivity index (χ0) is 17.4. The van der Waals surface area contributed by atoms with E-state index in [9.17, 15) is 4.79 Å². The number of amidine groups is 1. The van der Waals surface area contributed by atoms with Crippen molar-refractivity contribution in [2.24, 2.45) is 5.73 Å². The molecule has 2 aromatic rings. The summed E-state index contributed by atoms with van der Waals surface area (Å²) >= 11 is 0. The second-order valence-electron chi connectivity index (χ2n) is 5.77. The van der Waals surface area contributed by atoms with Crippen LogP contribution in [-0.4, -0.2) is 18.4 Å². The van der Waals surface area contributed by atoms with Gasteiger partial charge in [-0.2, -0.15) is 0 Å². The molecule has 0 unspecified atom stereocenters. The van der Waals surface area contributed by atoms with E-state index in [2.05, 4.69) is 12.1 Å². The van der Waals surface area contributed by atoms with Gasteiger partial charge in [-0.3, -0.25) is 10.2 Å². The van der Waals surface area contributed by atoms with Crippen molar-refractivity contribution in [3.63, 3.8) is 0 Å². The number of rotatable bonds is 8. The van der Waals surface area contributed by atoms with Crippen LogP contribution in [0.4, 0.5) is 0 Å². The molecule has 0 heterocycles. The smallest absolute Gasteiger partial charge is 0.306 e. The van der Waals surface area contributed by atoms with Crippen molar-refractivity contribution in [2.75, 3.05) is 6.61 Å². The molecule has 3 N–H and O–H groups in total. The standard InChI is InChI=1S/C20H24N2O2/c1-2-24-19(23)14-18(16-6-4-3-5-7-16)13-10-15-8-11-17(12-9-15)20(21)22/h3-9,11-12,18H,2,10,13-14H2,1H3,(H3,21,22)/t18-/m1/s1. The summed E-state index contributed by atoms with van der Waals surface area (Å²) in [6, 6.07) is 17.8. The van der Waals surface area contributed by atoms with Gasteiger partial charge >= 0.3 is 5.97 Å². The van der Waals surface area contributed by atoms with Crippen molar-refractivity contribution in [1.82, 2.24) is 0 Å². The summed E-state index contributed by atoms with van der Waals surface area (Å²) < 4.78 is 5.11. The molecule has 4 heteroatoms. The molecular weight excluding hydrogens is 300 g/mol. The first-order valence-electron chi connectivity index (χ1n) is 8.24. The second kappa shape index (κ2) is 8.87. The quantitative estimate of drug-likeness (QED) is 0.442. The highest BCUT2D eigenvalue weighted by Gasteiger charge is 2.17. The number of nitrogen functional groups attached to an aromatic ring is 1. The molecule has 1 atom stereocenters. The SMILES string of the molecule is CCOC(=O)C[C@@H](CCc1ccc(C(=N)N)cc1)c1ccccc1. The molecule has 2 rings (SSSR count). The van der Waals surface area contributed by atoms with Gasteiger partial charge in [-0.25, -0.2) is 0 Å². The number of esters is 1. The van der Waals surface area contributed by atoms with Crippen LogP contribution in [-0.2, 0) is 16.0 Å². The largest absolute Gasteiger partial charge is 0.466 e. The molecule has 0 fully saturated rings. The fourth-order valence-corrected chi connectivity index (χ4v) is 2.72. The van der Waals surface area contributed by atoms with E-state index in [0.29, 0.717) is 13.0 Å². The Bertz CT molecular complexity index is 666. The third kappa shape index (κ3) is 5.23. The van der Waals surface area contributed by atoms with Gasteiger partial charge in [-0.1, -0.05) is 54.6 Å². The third-order valence-corrected chi connectivity index (χ3v) is 4.04. The lowest BCUT2D eigenvalue weighted by Crippen LogP contribution is -2.12. The van der Waals surface area contributed by atoms with Crippen LogP contribution >= 0.6 is 0 Å². The molecule has 0 aliphatic heterocycles. The van der Waals surface area contributed by atoms with Gasteiger partial charge < -0.3 is 10.5 Å². The first-order valence-corrected chi connectivity index (χ1v) is 8.24. The van der Waals surface area contributed by atoms with E-state index >= 15 is 0 Å². The normalized spacial score (nSPS) is 11.7. The Kier molecular flexibility index (Phi) is 6.55. The Balaban J connectivity index is 2.04. The summed E-state index contributed by atoms with van der Waals surface area (Å²) in [5.41, 5.74) is 8.53. The van der Waals surface area contributed by atoms with Crippen molar-refractivity contribution < 1.29 is 9.53 Å². The van der Waals surface area contributed by atoms with Gasteiger partial charge in [-0.05, 0) is 36.8 Å². The molecule has 0 bridgehead atoms. The molecule has 2 aromatic carbocycles. The Morgan fingerprint density at radius 3 is 2.38 bits per heavy atom. The third-order valence-electron chi connectivity index (χ3n) is 4.04. The molecule has 0 aliphatic rings. The number of benzene rings is 2. The van der Waals surface area contributed by atoms with Crippen LogP contribution in [0.2, 0.25) is 0 Å². The zero-order valence-corrected chi connectivity index (χ0v) is 14.0. The van der Waals surface area contributed by atoms with Crippen LogP contribution in [0.1, 0.15) is 42.4 Å². The molecular formula is C20H24N2O2. The maximum Gasteiger partial charge on any atom is 0.306 e. The Labute approximate surface area is 143 Å². The van der Waals surface area contributed by atoms with E-state index in [0.717, 1.165) is 24.0 Å². The predicted octanol–water partition coefficient (Wildman–Crippen LogP) is 3.64. The monoisotopic (exact) mass is 324 g/mol. The van der Waals surface area contributed by atoms with E-state index in [-0.39, 0.29) is 17.7 Å². The number of nitrogens with two attached hydrogens (primary N) is 1. The topological polar surface area (TPSA) is 76.2 Å². The second-order valence-corrected chi connectivity index (χ2v) is 5.77. The minimum absolute atomic E-state index is 0.0750. The minimum Gasteiger partial charge on any atom is -0.466 e. The molecule has 0 aliphatic carbocycles. The molecule has 24 heavy (non-hydrogen) atoms. The van der Waals surface area contributed by atoms with E-state index < -0.39 is 0 Å². The molecule has 0 amide bonds. The highest BCUT2D eigenvalue weighted by Crippen LogP contribution is 2.26. The summed E-state index contributed by atoms with van der Waals surface area (Å²) in [4.78, 5) is 11.9. The number of nitrogens with one attached hydrogen (secondary N) is 1. The van der Waals surface area contributed by atoms with Gasteiger partial charge in [-0.15, -0.1) is 0 Å². The molecule has 0 saturated carbocycles. The van der Waals surface area contributed by atoms with Crippen molar-refractivity contribution in [3.8, 4) is 0 Å². The Morgan fingerprint density at radius 2 is 1.79 bits per heavy atom. The van der Waals surface area contributed by atoms with Crippen LogP contribution in [0.5, 0.6) is 0 Å². The first kappa shape index (κ1) is 17.7. The average molecular weight is 324 g/mol. The van der Waals surface area contributed by atoms with Gasteiger partial charge in [0.25, 0.3) is 0 Å². The maximum absolute atomic E-state index is 11.9. The lowest BCUT2D eigenvalue weighted by Gasteiger charge is -2.17. The van der Waals surface area contributed by atoms with Gasteiger partial charge in [0.15, 0.2) is 0 Å². The van der Waals surface area contributed by atoms with E-state index in [1.165, 1.54) is 5.56 Å². The number of hydrogen-bond donors (Lipinski definition) is 2. The number of hydrogen-bond acceptors (Lipinski definition) is 3. The van der Waals surface area contributed by atoms with Gasteiger partial charge in [0, 0.05) is 5.56 Å². The van der Waals surface area contributed by atoms with Crippen LogP contribution < -0.4 is 5.73 Å². The lowest BCUT2D eigenvalue weighted by atomic mass is 9.89. The van der Waals surface area contributed by atoms with E-state index in [1.54, 1.807) is 0 Å². The van der Waals surface area contributed by atoms with Crippen LogP contribution in [0.3, 0.4) is 0 Å². The summed E-state index contributed by atoms with van der Waals surface area (Å²) in [5, 5.41) is 7.43. The number of carbonyl (C=O) groups is 1. The first-order chi connectivity index (χ1) is 11.6. The Hall–Kier alpha value is -2.62. The van der Waals surface area contributed by atoms with Gasteiger partial charge in [0.1, 0.15) is 5.84 Å². The predicted molar refractivity (Wildman–Crippen MR) is 96.2 cm³/mol. The van der Waals surface area contributed by atoms with E-state index in [1.807, 2.05) is 49.4 Å². The molecule has 4 nitrogen and oxygen atoms in total. The average Bonchev–Trinajstić information content (AvgIpc) is 2.60. The summed E-state index contributed by atoms with van der Waals surface area (Å²) in [5.74, 6) is 0.0574. The number of aryl methyl sites for hydroxylation is 1. The van der Waals surface area contributed by atoms with Crippen molar-refractivity contribution in [1.29, 1.82) is 5.41 Å². The Morgan fingerprint density at radius 1 is 1.12 bits per heavy atom. The highest BCUT2D eigenvalue weighted by atomic mass is 16.5. The van der Waals surface area contributed by atoms with Crippen molar-refractivity contribution >= 4 is 11.8 Å². The lowest BCUT2D eigenvalue weighted by molar-refractivity contribution is -0.143. The number of carbonyl (C=O) groups excluding carboxylic acids is 1. The maximum atomic E-state index is 11.9. The van der Waals surface area contributed by atoms with Crippen LogP contribution in [0, 0.1) is 5.41 Å². The van der Waals surface area contributed by atoms with Crippen LogP contribution in [0.15, 0.2) is 54.6 Å². The summed E-state index contributed by atoms with van der Waals surface area (Å²) in [6.07, 6.45) is 2.11. The fraction of sp³-hybridized carbons (Fsp3) is 0.300. The summed E-state index contributed by atoms with van der Waals surface area (Å²) in [7, 11) is 0. The molecule has 0 aromatic heterocycles. The number of ether oxygens (including phenoxy) is 1. The molecule has 0 saturated heterocycles. The zero-order valence-electron chi connectivity index (χ0n) is 14.0.